The second-order valence-corrected chi connectivity index (χ2v) is 5.61. The van der Waals surface area contributed by atoms with Crippen LogP contribution in [0.25, 0.3) is 5.82 Å². The molecule has 20 heavy (non-hydrogen) atoms. The molecule has 0 spiro atoms. The number of aromatic nitrogens is 4. The topological polar surface area (TPSA) is 55.6 Å². The van der Waals surface area contributed by atoms with Gasteiger partial charge >= 0.3 is 0 Å². The van der Waals surface area contributed by atoms with E-state index in [1.807, 2.05) is 16.9 Å². The van der Waals surface area contributed by atoms with Crippen molar-refractivity contribution in [1.82, 2.24) is 19.7 Å². The van der Waals surface area contributed by atoms with Crippen molar-refractivity contribution in [2.45, 2.75) is 45.4 Å². The minimum absolute atomic E-state index is 0.425. The summed E-state index contributed by atoms with van der Waals surface area (Å²) in [6.07, 6.45) is 4.38. The lowest BCUT2D eigenvalue weighted by atomic mass is 10.1. The first-order valence-electron chi connectivity index (χ1n) is 7.36. The Morgan fingerprint density at radius 2 is 2.15 bits per heavy atom. The third kappa shape index (κ3) is 2.66. The van der Waals surface area contributed by atoms with Crippen LogP contribution in [-0.2, 0) is 0 Å². The molecule has 1 aliphatic rings. The molecule has 5 heteroatoms. The number of nitrogens with one attached hydrogen (secondary N) is 1. The van der Waals surface area contributed by atoms with Crippen molar-refractivity contribution >= 4 is 5.82 Å². The average Bonchev–Trinajstić information content (AvgIpc) is 3.15. The molecule has 1 N–H and O–H groups in total. The first-order chi connectivity index (χ1) is 9.67. The van der Waals surface area contributed by atoms with Gasteiger partial charge in [0, 0.05) is 24.7 Å². The molecule has 5 nitrogen and oxygen atoms in total. The summed E-state index contributed by atoms with van der Waals surface area (Å²) in [7, 11) is 0. The number of hydrogen-bond acceptors (Lipinski definition) is 4. The molecule has 106 valence electrons. The summed E-state index contributed by atoms with van der Waals surface area (Å²) in [5, 5.41) is 7.88. The summed E-state index contributed by atoms with van der Waals surface area (Å²) in [6, 6.07) is 4.02. The maximum Gasteiger partial charge on any atom is 0.159 e. The van der Waals surface area contributed by atoms with Gasteiger partial charge in [-0.3, -0.25) is 0 Å². The Kier molecular flexibility index (Phi) is 3.42. The molecular weight excluding hydrogens is 250 g/mol. The van der Waals surface area contributed by atoms with E-state index in [1.54, 1.807) is 0 Å². The molecule has 0 saturated heterocycles. The minimum atomic E-state index is 0.425. The first kappa shape index (κ1) is 13.1. The quantitative estimate of drug-likeness (QED) is 0.908. The molecule has 1 fully saturated rings. The molecule has 0 bridgehead atoms. The molecule has 1 aliphatic carbocycles. The lowest BCUT2D eigenvalue weighted by Crippen LogP contribution is -2.08. The Bertz CT molecular complexity index is 598. The van der Waals surface area contributed by atoms with Crippen LogP contribution < -0.4 is 5.32 Å². The van der Waals surface area contributed by atoms with Crippen LogP contribution in [0, 0.1) is 0 Å². The minimum Gasteiger partial charge on any atom is -0.370 e. The largest absolute Gasteiger partial charge is 0.370 e. The van der Waals surface area contributed by atoms with E-state index in [4.69, 9.17) is 0 Å². The fourth-order valence-corrected chi connectivity index (χ4v) is 2.14. The molecule has 0 radical (unpaired) electrons. The standard InChI is InChI=1S/C15H21N5/c1-4-16-13-9-14(18-15(17-13)11-5-6-11)20-8-7-12(19-20)10(2)3/h7-11H,4-6H2,1-3H3,(H,16,17,18). The summed E-state index contributed by atoms with van der Waals surface area (Å²) in [5.41, 5.74) is 1.08. The molecule has 1 saturated carbocycles. The molecule has 3 rings (SSSR count). The summed E-state index contributed by atoms with van der Waals surface area (Å²) >= 11 is 0. The SMILES string of the molecule is CCNc1cc(-n2ccc(C(C)C)n2)nc(C2CC2)n1. The van der Waals surface area contributed by atoms with Gasteiger partial charge in [0.1, 0.15) is 11.6 Å². The third-order valence-electron chi connectivity index (χ3n) is 3.47. The fraction of sp³-hybridized carbons (Fsp3) is 0.533. The van der Waals surface area contributed by atoms with Crippen molar-refractivity contribution in [1.29, 1.82) is 0 Å². The van der Waals surface area contributed by atoms with Gasteiger partial charge in [0.2, 0.25) is 0 Å². The van der Waals surface area contributed by atoms with Crippen LogP contribution in [0.15, 0.2) is 18.3 Å². The predicted molar refractivity (Wildman–Crippen MR) is 79.4 cm³/mol. The maximum atomic E-state index is 4.67. The van der Waals surface area contributed by atoms with Gasteiger partial charge in [-0.15, -0.1) is 0 Å². The van der Waals surface area contributed by atoms with Gasteiger partial charge < -0.3 is 5.32 Å². The normalized spacial score (nSPS) is 14.8. The highest BCUT2D eigenvalue weighted by Crippen LogP contribution is 2.38. The molecule has 0 amide bonds. The number of rotatable bonds is 5. The number of anilines is 1. The van der Waals surface area contributed by atoms with Gasteiger partial charge in [-0.2, -0.15) is 5.10 Å². The Balaban J connectivity index is 1.97. The fourth-order valence-electron chi connectivity index (χ4n) is 2.14. The van der Waals surface area contributed by atoms with Crippen molar-refractivity contribution in [3.63, 3.8) is 0 Å². The van der Waals surface area contributed by atoms with Crippen molar-refractivity contribution in [2.75, 3.05) is 11.9 Å². The molecule has 0 aliphatic heterocycles. The zero-order valence-electron chi connectivity index (χ0n) is 12.3. The monoisotopic (exact) mass is 271 g/mol. The average molecular weight is 271 g/mol. The van der Waals surface area contributed by atoms with E-state index in [0.29, 0.717) is 11.8 Å². The van der Waals surface area contributed by atoms with Crippen molar-refractivity contribution in [2.24, 2.45) is 0 Å². The van der Waals surface area contributed by atoms with Gasteiger partial charge in [-0.25, -0.2) is 14.6 Å². The third-order valence-corrected chi connectivity index (χ3v) is 3.47. The lowest BCUT2D eigenvalue weighted by Gasteiger charge is -2.08. The zero-order valence-corrected chi connectivity index (χ0v) is 12.3. The van der Waals surface area contributed by atoms with E-state index in [2.05, 4.69) is 47.2 Å². The predicted octanol–water partition coefficient (Wildman–Crippen LogP) is 3.09. The second kappa shape index (κ2) is 5.23. The zero-order chi connectivity index (χ0) is 14.1. The second-order valence-electron chi connectivity index (χ2n) is 5.61. The molecule has 2 aromatic rings. The molecule has 2 aromatic heterocycles. The highest BCUT2D eigenvalue weighted by molar-refractivity contribution is 5.42. The van der Waals surface area contributed by atoms with Crippen molar-refractivity contribution < 1.29 is 0 Å². The van der Waals surface area contributed by atoms with Gasteiger partial charge in [-0.05, 0) is 31.7 Å². The molecule has 0 atom stereocenters. The van der Waals surface area contributed by atoms with Crippen LogP contribution in [-0.4, -0.2) is 26.3 Å². The van der Waals surface area contributed by atoms with Crippen LogP contribution in [0.5, 0.6) is 0 Å². The first-order valence-corrected chi connectivity index (χ1v) is 7.36. The Hall–Kier alpha value is -1.91. The van der Waals surface area contributed by atoms with E-state index in [0.717, 1.165) is 29.7 Å². The molecular formula is C15H21N5. The molecule has 2 heterocycles. The lowest BCUT2D eigenvalue weighted by molar-refractivity contribution is 0.748. The van der Waals surface area contributed by atoms with Crippen LogP contribution in [0.1, 0.15) is 57.0 Å². The Morgan fingerprint density at radius 1 is 1.35 bits per heavy atom. The van der Waals surface area contributed by atoms with Gasteiger partial charge in [0.25, 0.3) is 0 Å². The van der Waals surface area contributed by atoms with Crippen LogP contribution in [0.2, 0.25) is 0 Å². The summed E-state index contributed by atoms with van der Waals surface area (Å²) < 4.78 is 1.85. The van der Waals surface area contributed by atoms with E-state index in [9.17, 15) is 0 Å². The highest BCUT2D eigenvalue weighted by atomic mass is 15.3. The highest BCUT2D eigenvalue weighted by Gasteiger charge is 2.27. The summed E-state index contributed by atoms with van der Waals surface area (Å²) in [6.45, 7) is 7.22. The number of nitrogens with zero attached hydrogens (tertiary/aromatic N) is 4. The van der Waals surface area contributed by atoms with E-state index < -0.39 is 0 Å². The number of hydrogen-bond donors (Lipinski definition) is 1. The summed E-state index contributed by atoms with van der Waals surface area (Å²) in [5.74, 6) is 3.65. The van der Waals surface area contributed by atoms with E-state index in [1.165, 1.54) is 12.8 Å². The molecule has 0 unspecified atom stereocenters. The maximum absolute atomic E-state index is 4.67. The van der Waals surface area contributed by atoms with Gasteiger partial charge in [-0.1, -0.05) is 13.8 Å². The van der Waals surface area contributed by atoms with Gasteiger partial charge in [0.15, 0.2) is 5.82 Å². The van der Waals surface area contributed by atoms with Crippen molar-refractivity contribution in [3.05, 3.63) is 29.8 Å². The Morgan fingerprint density at radius 3 is 2.75 bits per heavy atom. The van der Waals surface area contributed by atoms with Gasteiger partial charge in [0.05, 0.1) is 5.69 Å². The Labute approximate surface area is 119 Å². The molecule has 0 aromatic carbocycles. The smallest absolute Gasteiger partial charge is 0.159 e. The van der Waals surface area contributed by atoms with E-state index >= 15 is 0 Å². The van der Waals surface area contributed by atoms with Crippen LogP contribution in [0.3, 0.4) is 0 Å². The van der Waals surface area contributed by atoms with Crippen molar-refractivity contribution in [3.8, 4) is 5.82 Å². The van der Waals surface area contributed by atoms with Crippen LogP contribution >= 0.6 is 0 Å². The summed E-state index contributed by atoms with van der Waals surface area (Å²) in [4.78, 5) is 9.26. The van der Waals surface area contributed by atoms with E-state index in [-0.39, 0.29) is 0 Å². The van der Waals surface area contributed by atoms with Crippen LogP contribution in [0.4, 0.5) is 5.82 Å².